The Balaban J connectivity index is 1.90. The number of carbonyl (C=O) groups is 1. The number of esters is 1. The van der Waals surface area contributed by atoms with Gasteiger partial charge in [-0.2, -0.15) is 0 Å². The summed E-state index contributed by atoms with van der Waals surface area (Å²) in [7, 11) is 1.42. The Morgan fingerprint density at radius 2 is 2.33 bits per heavy atom. The molecule has 0 aliphatic rings. The molecule has 6 nitrogen and oxygen atoms in total. The maximum atomic E-state index is 11.7. The summed E-state index contributed by atoms with van der Waals surface area (Å²) in [6, 6.07) is 5.53. The number of nitrogens with one attached hydrogen (secondary N) is 1. The second kappa shape index (κ2) is 7.99. The van der Waals surface area contributed by atoms with Gasteiger partial charge in [0.15, 0.2) is 10.8 Å². The molecule has 0 aliphatic heterocycles. The van der Waals surface area contributed by atoms with Crippen LogP contribution in [0.25, 0.3) is 5.65 Å². The van der Waals surface area contributed by atoms with Gasteiger partial charge < -0.3 is 10.1 Å². The molecule has 0 saturated carbocycles. The topological polar surface area (TPSA) is 68.5 Å². The van der Waals surface area contributed by atoms with Gasteiger partial charge in [-0.25, -0.2) is 0 Å². The Bertz CT molecular complexity index is 587. The molecule has 0 radical (unpaired) electrons. The van der Waals surface area contributed by atoms with E-state index in [-0.39, 0.29) is 12.0 Å². The van der Waals surface area contributed by atoms with E-state index in [1.54, 1.807) is 11.8 Å². The molecule has 21 heavy (non-hydrogen) atoms. The molecule has 0 aliphatic carbocycles. The average molecular weight is 308 g/mol. The van der Waals surface area contributed by atoms with Crippen LogP contribution in [0.3, 0.4) is 0 Å². The molecule has 1 N–H and O–H groups in total. The molecular formula is C14H20N4O2S. The van der Waals surface area contributed by atoms with E-state index in [9.17, 15) is 4.79 Å². The van der Waals surface area contributed by atoms with E-state index in [0.717, 1.165) is 29.5 Å². The zero-order valence-electron chi connectivity index (χ0n) is 12.3. The predicted octanol–water partition coefficient (Wildman–Crippen LogP) is 1.75. The third kappa shape index (κ3) is 4.18. The first-order chi connectivity index (χ1) is 10.3. The lowest BCUT2D eigenvalue weighted by Gasteiger charge is -2.15. The van der Waals surface area contributed by atoms with Crippen LogP contribution in [0.4, 0.5) is 0 Å². The number of nitrogens with zero attached hydrogens (tertiary/aromatic N) is 3. The van der Waals surface area contributed by atoms with E-state index < -0.39 is 0 Å². The maximum absolute atomic E-state index is 11.7. The minimum Gasteiger partial charge on any atom is -0.468 e. The number of hydrogen-bond donors (Lipinski definition) is 1. The van der Waals surface area contributed by atoms with Crippen molar-refractivity contribution in [3.05, 3.63) is 24.4 Å². The number of aromatic nitrogens is 3. The highest BCUT2D eigenvalue weighted by Gasteiger charge is 2.18. The Morgan fingerprint density at radius 1 is 1.48 bits per heavy atom. The van der Waals surface area contributed by atoms with Crippen LogP contribution in [0.2, 0.25) is 0 Å². The van der Waals surface area contributed by atoms with E-state index in [0.29, 0.717) is 6.42 Å². The summed E-state index contributed by atoms with van der Waals surface area (Å²) >= 11 is 1.59. The summed E-state index contributed by atoms with van der Waals surface area (Å²) < 4.78 is 6.77. The standard InChI is InChI=1S/C14H20N4O2S/c1-3-8-15-11(13(19)20-2)7-10-21-14-17-16-12-6-4-5-9-18(12)14/h4-6,9,11,15H,3,7-8,10H2,1-2H3. The zero-order valence-corrected chi connectivity index (χ0v) is 13.1. The van der Waals surface area contributed by atoms with Gasteiger partial charge in [-0.1, -0.05) is 24.8 Å². The van der Waals surface area contributed by atoms with Gasteiger partial charge in [-0.05, 0) is 31.5 Å². The van der Waals surface area contributed by atoms with Crippen molar-refractivity contribution in [2.75, 3.05) is 19.4 Å². The first-order valence-corrected chi connectivity index (χ1v) is 7.98. The molecule has 0 aromatic carbocycles. The molecule has 114 valence electrons. The van der Waals surface area contributed by atoms with Crippen molar-refractivity contribution >= 4 is 23.4 Å². The molecule has 0 fully saturated rings. The average Bonchev–Trinajstić information content (AvgIpc) is 2.93. The Labute approximate surface area is 128 Å². The number of carbonyl (C=O) groups excluding carboxylic acids is 1. The summed E-state index contributed by atoms with van der Waals surface area (Å²) in [4.78, 5) is 11.7. The summed E-state index contributed by atoms with van der Waals surface area (Å²) in [5.41, 5.74) is 0.827. The minimum absolute atomic E-state index is 0.213. The van der Waals surface area contributed by atoms with Crippen molar-refractivity contribution in [1.29, 1.82) is 0 Å². The van der Waals surface area contributed by atoms with Crippen LogP contribution >= 0.6 is 11.8 Å². The first-order valence-electron chi connectivity index (χ1n) is 7.00. The quantitative estimate of drug-likeness (QED) is 0.592. The largest absolute Gasteiger partial charge is 0.468 e. The SMILES string of the molecule is CCCNC(CCSc1nnc2ccccn12)C(=O)OC. The highest BCUT2D eigenvalue weighted by atomic mass is 32.2. The van der Waals surface area contributed by atoms with Crippen molar-refractivity contribution in [3.8, 4) is 0 Å². The van der Waals surface area contributed by atoms with Gasteiger partial charge in [0.2, 0.25) is 0 Å². The molecule has 7 heteroatoms. The number of methoxy groups -OCH3 is 1. The number of ether oxygens (including phenoxy) is 1. The van der Waals surface area contributed by atoms with Crippen LogP contribution in [0.5, 0.6) is 0 Å². The van der Waals surface area contributed by atoms with Gasteiger partial charge in [0.1, 0.15) is 6.04 Å². The summed E-state index contributed by atoms with van der Waals surface area (Å²) in [6.45, 7) is 2.87. The third-order valence-corrected chi connectivity index (χ3v) is 4.02. The van der Waals surface area contributed by atoms with Crippen molar-refractivity contribution in [3.63, 3.8) is 0 Å². The van der Waals surface area contributed by atoms with Crippen LogP contribution < -0.4 is 5.32 Å². The van der Waals surface area contributed by atoms with Crippen molar-refractivity contribution in [1.82, 2.24) is 19.9 Å². The molecule has 0 spiro atoms. The third-order valence-electron chi connectivity index (χ3n) is 3.05. The molecule has 1 unspecified atom stereocenters. The first kappa shape index (κ1) is 15.8. The van der Waals surface area contributed by atoms with E-state index in [1.165, 1.54) is 7.11 Å². The number of fused-ring (bicyclic) bond motifs is 1. The predicted molar refractivity (Wildman–Crippen MR) is 82.4 cm³/mol. The van der Waals surface area contributed by atoms with Crippen LogP contribution in [-0.4, -0.2) is 46.0 Å². The lowest BCUT2D eigenvalue weighted by Crippen LogP contribution is -2.38. The summed E-state index contributed by atoms with van der Waals surface area (Å²) in [5, 5.41) is 12.3. The number of pyridine rings is 1. The summed E-state index contributed by atoms with van der Waals surface area (Å²) in [6.07, 6.45) is 3.61. The molecule has 2 aromatic heterocycles. The fourth-order valence-corrected chi connectivity index (χ4v) is 2.88. The van der Waals surface area contributed by atoms with Crippen LogP contribution in [0.1, 0.15) is 19.8 Å². The highest BCUT2D eigenvalue weighted by molar-refractivity contribution is 7.99. The van der Waals surface area contributed by atoms with E-state index in [2.05, 4.69) is 22.4 Å². The fourth-order valence-electron chi connectivity index (χ4n) is 1.95. The number of hydrogen-bond acceptors (Lipinski definition) is 6. The molecule has 1 atom stereocenters. The van der Waals surface area contributed by atoms with Crippen LogP contribution in [0, 0.1) is 0 Å². The fraction of sp³-hybridized carbons (Fsp3) is 0.500. The van der Waals surface area contributed by atoms with E-state index >= 15 is 0 Å². The summed E-state index contributed by atoms with van der Waals surface area (Å²) in [5.74, 6) is 0.557. The Morgan fingerprint density at radius 3 is 3.10 bits per heavy atom. The number of thioether (sulfide) groups is 1. The van der Waals surface area contributed by atoms with E-state index in [1.807, 2.05) is 28.8 Å². The van der Waals surface area contributed by atoms with Gasteiger partial charge >= 0.3 is 5.97 Å². The van der Waals surface area contributed by atoms with Crippen LogP contribution in [0.15, 0.2) is 29.6 Å². The zero-order chi connectivity index (χ0) is 15.1. The minimum atomic E-state index is -0.262. The smallest absolute Gasteiger partial charge is 0.322 e. The molecule has 0 saturated heterocycles. The molecule has 0 amide bonds. The molecule has 2 heterocycles. The second-order valence-electron chi connectivity index (χ2n) is 4.58. The number of rotatable bonds is 8. The van der Waals surface area contributed by atoms with Gasteiger partial charge in [0, 0.05) is 11.9 Å². The lowest BCUT2D eigenvalue weighted by molar-refractivity contribution is -0.143. The van der Waals surface area contributed by atoms with Gasteiger partial charge in [0.05, 0.1) is 7.11 Å². The van der Waals surface area contributed by atoms with Gasteiger partial charge in [-0.15, -0.1) is 10.2 Å². The molecule has 2 aromatic rings. The molecule has 2 rings (SSSR count). The molecule has 0 bridgehead atoms. The van der Waals surface area contributed by atoms with Crippen molar-refractivity contribution in [2.45, 2.75) is 31.0 Å². The monoisotopic (exact) mass is 308 g/mol. The second-order valence-corrected chi connectivity index (χ2v) is 5.64. The normalized spacial score (nSPS) is 12.5. The van der Waals surface area contributed by atoms with E-state index in [4.69, 9.17) is 4.74 Å². The molecular weight excluding hydrogens is 288 g/mol. The van der Waals surface area contributed by atoms with Gasteiger partial charge in [-0.3, -0.25) is 9.20 Å². The Kier molecular flexibility index (Phi) is 6.01. The Hall–Kier alpha value is -1.60. The highest BCUT2D eigenvalue weighted by Crippen LogP contribution is 2.18. The van der Waals surface area contributed by atoms with Gasteiger partial charge in [0.25, 0.3) is 0 Å². The van der Waals surface area contributed by atoms with Crippen LogP contribution in [-0.2, 0) is 9.53 Å². The lowest BCUT2D eigenvalue weighted by atomic mass is 10.2. The maximum Gasteiger partial charge on any atom is 0.322 e. The van der Waals surface area contributed by atoms with Crippen molar-refractivity contribution in [2.24, 2.45) is 0 Å². The van der Waals surface area contributed by atoms with Crippen molar-refractivity contribution < 1.29 is 9.53 Å².